The maximum absolute atomic E-state index is 10.7. The van der Waals surface area contributed by atoms with Crippen LogP contribution in [0, 0.1) is 0 Å². The summed E-state index contributed by atoms with van der Waals surface area (Å²) in [4.78, 5) is 17.4. The van der Waals surface area contributed by atoms with E-state index in [-0.39, 0.29) is 19.8 Å². The van der Waals surface area contributed by atoms with Crippen LogP contribution in [0.1, 0.15) is 0 Å². The molecule has 0 saturated carbocycles. The fourth-order valence-corrected chi connectivity index (χ4v) is 1.30. The Balaban J connectivity index is 4.84. The molecule has 110 valence electrons. The molecule has 0 spiro atoms. The summed E-state index contributed by atoms with van der Waals surface area (Å²) in [7, 11) is -4.68. The number of rotatable bonds is 12. The van der Waals surface area contributed by atoms with Gasteiger partial charge >= 0.3 is 13.8 Å². The Morgan fingerprint density at radius 2 is 1.32 bits per heavy atom. The molecule has 7 nitrogen and oxygen atoms in total. The number of phosphoric acid groups is 1. The van der Waals surface area contributed by atoms with E-state index in [0.29, 0.717) is 0 Å². The van der Waals surface area contributed by atoms with Crippen molar-refractivity contribution in [3.63, 3.8) is 0 Å². The van der Waals surface area contributed by atoms with Crippen molar-refractivity contribution in [3.05, 3.63) is 38.0 Å². The van der Waals surface area contributed by atoms with Gasteiger partial charge in [0.15, 0.2) is 0 Å². The van der Waals surface area contributed by atoms with E-state index < -0.39 is 20.4 Å². The second-order valence-corrected chi connectivity index (χ2v) is 4.49. The quantitative estimate of drug-likeness (QED) is 0.319. The molecule has 0 saturated heterocycles. The normalized spacial score (nSPS) is 12.1. The topological polar surface area (TPSA) is 94.5 Å². The SMILES string of the molecule is C=CCOC(COP(=O)(O)O)(OCC=C)OCC=C. The highest BCUT2D eigenvalue weighted by molar-refractivity contribution is 7.46. The third-order valence-corrected chi connectivity index (χ3v) is 2.14. The molecular formula is C11H19O7P. The van der Waals surface area contributed by atoms with Gasteiger partial charge in [0, 0.05) is 0 Å². The summed E-state index contributed by atoms with van der Waals surface area (Å²) in [5.74, 6) is -1.77. The molecule has 0 atom stereocenters. The van der Waals surface area contributed by atoms with Crippen LogP contribution in [0.25, 0.3) is 0 Å². The first kappa shape index (κ1) is 18.2. The maximum atomic E-state index is 10.7. The van der Waals surface area contributed by atoms with Crippen LogP contribution in [0.3, 0.4) is 0 Å². The minimum absolute atomic E-state index is 0.0405. The van der Waals surface area contributed by atoms with E-state index in [1.807, 2.05) is 0 Å². The molecule has 2 N–H and O–H groups in total. The van der Waals surface area contributed by atoms with E-state index in [1.54, 1.807) is 0 Å². The first-order valence-electron chi connectivity index (χ1n) is 5.34. The molecule has 0 aromatic heterocycles. The van der Waals surface area contributed by atoms with Gasteiger partial charge in [-0.15, -0.1) is 19.7 Å². The highest BCUT2D eigenvalue weighted by atomic mass is 31.2. The van der Waals surface area contributed by atoms with Crippen LogP contribution in [0.2, 0.25) is 0 Å². The van der Waals surface area contributed by atoms with E-state index >= 15 is 0 Å². The predicted octanol–water partition coefficient (Wildman–Crippen LogP) is 1.36. The van der Waals surface area contributed by atoms with Gasteiger partial charge in [0.1, 0.15) is 6.61 Å². The van der Waals surface area contributed by atoms with Crippen molar-refractivity contribution in [2.75, 3.05) is 26.4 Å². The molecule has 19 heavy (non-hydrogen) atoms. The second kappa shape index (κ2) is 9.17. The van der Waals surface area contributed by atoms with Crippen LogP contribution in [0.5, 0.6) is 0 Å². The van der Waals surface area contributed by atoms with E-state index in [2.05, 4.69) is 24.3 Å². The Morgan fingerprint density at radius 1 is 0.947 bits per heavy atom. The van der Waals surface area contributed by atoms with Crippen molar-refractivity contribution in [1.82, 2.24) is 0 Å². The molecule has 0 rings (SSSR count). The molecule has 0 bridgehead atoms. The van der Waals surface area contributed by atoms with E-state index in [4.69, 9.17) is 24.0 Å². The summed E-state index contributed by atoms with van der Waals surface area (Å²) in [6.07, 6.45) is 4.29. The lowest BCUT2D eigenvalue weighted by molar-refractivity contribution is -0.379. The molecule has 0 aliphatic carbocycles. The monoisotopic (exact) mass is 294 g/mol. The van der Waals surface area contributed by atoms with Crippen molar-refractivity contribution in [2.45, 2.75) is 5.97 Å². The molecule has 0 aliphatic heterocycles. The van der Waals surface area contributed by atoms with Crippen LogP contribution >= 0.6 is 7.82 Å². The van der Waals surface area contributed by atoms with E-state index in [1.165, 1.54) is 18.2 Å². The van der Waals surface area contributed by atoms with Gasteiger partial charge in [-0.3, -0.25) is 4.52 Å². The van der Waals surface area contributed by atoms with Crippen LogP contribution in [-0.2, 0) is 23.3 Å². The van der Waals surface area contributed by atoms with Gasteiger partial charge in [-0.2, -0.15) is 0 Å². The number of ether oxygens (including phenoxy) is 3. The fraction of sp³-hybridized carbons (Fsp3) is 0.455. The van der Waals surface area contributed by atoms with Crippen LogP contribution in [0.15, 0.2) is 38.0 Å². The van der Waals surface area contributed by atoms with E-state index in [9.17, 15) is 4.57 Å². The van der Waals surface area contributed by atoms with Gasteiger partial charge in [0.25, 0.3) is 0 Å². The lowest BCUT2D eigenvalue weighted by atomic mass is 10.5. The number of hydrogen-bond donors (Lipinski definition) is 2. The van der Waals surface area contributed by atoms with Crippen molar-refractivity contribution in [1.29, 1.82) is 0 Å². The standard InChI is InChI=1S/C11H19O7P/c1-4-7-15-11(16-8-5-2,17-9-6-3)10-18-19(12,13)14/h4-6H,1-3,7-10H2,(H2,12,13,14). The third kappa shape index (κ3) is 8.85. The van der Waals surface area contributed by atoms with Crippen molar-refractivity contribution < 1.29 is 33.1 Å². The summed E-state index contributed by atoms with van der Waals surface area (Å²) in [5.41, 5.74) is 0. The lowest BCUT2D eigenvalue weighted by Gasteiger charge is -2.31. The molecule has 0 radical (unpaired) electrons. The zero-order chi connectivity index (χ0) is 14.8. The Hall–Kier alpha value is -0.790. The highest BCUT2D eigenvalue weighted by Crippen LogP contribution is 2.37. The Kier molecular flexibility index (Phi) is 8.79. The zero-order valence-corrected chi connectivity index (χ0v) is 11.5. The Morgan fingerprint density at radius 3 is 1.58 bits per heavy atom. The molecule has 0 fully saturated rings. The highest BCUT2D eigenvalue weighted by Gasteiger charge is 2.36. The van der Waals surface area contributed by atoms with Gasteiger partial charge in [0.05, 0.1) is 19.8 Å². The van der Waals surface area contributed by atoms with E-state index in [0.717, 1.165) is 0 Å². The number of hydrogen-bond acceptors (Lipinski definition) is 5. The van der Waals surface area contributed by atoms with Gasteiger partial charge < -0.3 is 24.0 Å². The second-order valence-electron chi connectivity index (χ2n) is 3.25. The van der Waals surface area contributed by atoms with Crippen molar-refractivity contribution in [2.24, 2.45) is 0 Å². The van der Waals surface area contributed by atoms with Crippen LogP contribution < -0.4 is 0 Å². The summed E-state index contributed by atoms with van der Waals surface area (Å²) in [6.45, 7) is 9.89. The fourth-order valence-electron chi connectivity index (χ4n) is 0.971. The molecule has 0 aliphatic rings. The van der Waals surface area contributed by atoms with Gasteiger partial charge in [-0.25, -0.2) is 4.57 Å². The number of phosphoric ester groups is 1. The van der Waals surface area contributed by atoms with Gasteiger partial charge in [-0.05, 0) is 0 Å². The van der Waals surface area contributed by atoms with Gasteiger partial charge in [0.2, 0.25) is 0 Å². The minimum atomic E-state index is -4.68. The zero-order valence-electron chi connectivity index (χ0n) is 10.6. The molecule has 8 heteroatoms. The molecule has 0 amide bonds. The first-order valence-corrected chi connectivity index (χ1v) is 6.87. The molecule has 0 aromatic rings. The first-order chi connectivity index (χ1) is 8.89. The van der Waals surface area contributed by atoms with Gasteiger partial charge in [-0.1, -0.05) is 18.2 Å². The van der Waals surface area contributed by atoms with Crippen LogP contribution in [-0.4, -0.2) is 42.2 Å². The summed E-state index contributed by atoms with van der Waals surface area (Å²) < 4.78 is 30.9. The lowest BCUT2D eigenvalue weighted by Crippen LogP contribution is -2.44. The summed E-state index contributed by atoms with van der Waals surface area (Å²) in [6, 6.07) is 0. The molecular weight excluding hydrogens is 275 g/mol. The average molecular weight is 294 g/mol. The maximum Gasteiger partial charge on any atom is 0.469 e. The molecule has 0 heterocycles. The summed E-state index contributed by atoms with van der Waals surface area (Å²) in [5, 5.41) is 0. The predicted molar refractivity (Wildman–Crippen MR) is 69.2 cm³/mol. The minimum Gasteiger partial charge on any atom is -0.321 e. The van der Waals surface area contributed by atoms with Crippen molar-refractivity contribution in [3.8, 4) is 0 Å². The van der Waals surface area contributed by atoms with Crippen molar-refractivity contribution >= 4 is 7.82 Å². The average Bonchev–Trinajstić information content (AvgIpc) is 2.36. The summed E-state index contributed by atoms with van der Waals surface area (Å²) >= 11 is 0. The molecule has 0 aromatic carbocycles. The third-order valence-electron chi connectivity index (χ3n) is 1.67. The largest absolute Gasteiger partial charge is 0.469 e. The smallest absolute Gasteiger partial charge is 0.321 e. The Labute approximate surface area is 112 Å². The van der Waals surface area contributed by atoms with Crippen LogP contribution in [0.4, 0.5) is 0 Å². The Bertz CT molecular complexity index is 305. The molecule has 0 unspecified atom stereocenters.